The molecule has 0 radical (unpaired) electrons. The molecule has 1 aliphatic carbocycles. The monoisotopic (exact) mass is 250 g/mol. The second-order valence-corrected chi connectivity index (χ2v) is 3.74. The Kier molecular flexibility index (Phi) is 4.04. The van der Waals surface area contributed by atoms with Crippen molar-refractivity contribution >= 4 is 12.4 Å². The first-order chi connectivity index (χ1) is 7.09. The molecule has 1 heterocycles. The highest BCUT2D eigenvalue weighted by Gasteiger charge is 2.46. The smallest absolute Gasteiger partial charge is 0.255 e. The summed E-state index contributed by atoms with van der Waals surface area (Å²) < 4.78 is 30.4. The van der Waals surface area contributed by atoms with Gasteiger partial charge in [-0.3, -0.25) is 4.98 Å². The summed E-state index contributed by atoms with van der Waals surface area (Å²) in [7, 11) is 0. The molecule has 0 atom stereocenters. The minimum absolute atomic E-state index is 0. The van der Waals surface area contributed by atoms with Crippen molar-refractivity contribution in [3.05, 3.63) is 24.0 Å². The van der Waals surface area contributed by atoms with E-state index in [2.05, 4.69) is 4.98 Å². The molecule has 90 valence electrons. The SMILES string of the molecule is Cl.NCc1cncc(OC2CC(F)(F)C2)c1. The largest absolute Gasteiger partial charge is 0.488 e. The van der Waals surface area contributed by atoms with E-state index in [1.54, 1.807) is 12.3 Å². The number of ether oxygens (including phenoxy) is 1. The molecule has 0 amide bonds. The highest BCUT2D eigenvalue weighted by molar-refractivity contribution is 5.85. The molecule has 1 fully saturated rings. The van der Waals surface area contributed by atoms with Gasteiger partial charge in [0.05, 0.1) is 6.20 Å². The van der Waals surface area contributed by atoms with Gasteiger partial charge in [-0.15, -0.1) is 12.4 Å². The fourth-order valence-corrected chi connectivity index (χ4v) is 1.52. The van der Waals surface area contributed by atoms with Crippen LogP contribution in [-0.2, 0) is 6.54 Å². The predicted molar refractivity (Wildman–Crippen MR) is 58.0 cm³/mol. The van der Waals surface area contributed by atoms with Crippen LogP contribution in [0, 0.1) is 0 Å². The second kappa shape index (κ2) is 4.93. The zero-order chi connectivity index (χ0) is 10.9. The van der Waals surface area contributed by atoms with Crippen molar-refractivity contribution in [1.29, 1.82) is 0 Å². The van der Waals surface area contributed by atoms with Crippen molar-refractivity contribution in [3.8, 4) is 5.75 Å². The van der Waals surface area contributed by atoms with Gasteiger partial charge in [0.2, 0.25) is 0 Å². The molecule has 0 spiro atoms. The normalized spacial score (nSPS) is 18.4. The average molecular weight is 251 g/mol. The van der Waals surface area contributed by atoms with Crippen LogP contribution < -0.4 is 10.5 Å². The maximum absolute atomic E-state index is 12.5. The van der Waals surface area contributed by atoms with Gasteiger partial charge in [0.25, 0.3) is 5.92 Å². The summed E-state index contributed by atoms with van der Waals surface area (Å²) >= 11 is 0. The Hall–Kier alpha value is -0.940. The quantitative estimate of drug-likeness (QED) is 0.894. The Morgan fingerprint density at radius 2 is 2.12 bits per heavy atom. The van der Waals surface area contributed by atoms with Crippen LogP contribution in [0.4, 0.5) is 8.78 Å². The number of hydrogen-bond acceptors (Lipinski definition) is 3. The van der Waals surface area contributed by atoms with E-state index in [0.717, 1.165) is 5.56 Å². The number of rotatable bonds is 3. The first-order valence-corrected chi connectivity index (χ1v) is 4.77. The number of alkyl halides is 2. The van der Waals surface area contributed by atoms with E-state index in [-0.39, 0.29) is 25.2 Å². The van der Waals surface area contributed by atoms with E-state index in [0.29, 0.717) is 12.3 Å². The summed E-state index contributed by atoms with van der Waals surface area (Å²) in [4.78, 5) is 3.91. The molecule has 0 aromatic carbocycles. The van der Waals surface area contributed by atoms with Gasteiger partial charge >= 0.3 is 0 Å². The Morgan fingerprint density at radius 3 is 2.69 bits per heavy atom. The number of aromatic nitrogens is 1. The van der Waals surface area contributed by atoms with Crippen molar-refractivity contribution in [2.45, 2.75) is 31.4 Å². The highest BCUT2D eigenvalue weighted by Crippen LogP contribution is 2.39. The van der Waals surface area contributed by atoms with Crippen LogP contribution in [0.5, 0.6) is 5.75 Å². The molecule has 0 saturated heterocycles. The number of nitrogens with two attached hydrogens (primary N) is 1. The van der Waals surface area contributed by atoms with Crippen molar-refractivity contribution in [1.82, 2.24) is 4.98 Å². The molecule has 2 N–H and O–H groups in total. The number of halogens is 3. The van der Waals surface area contributed by atoms with Crippen LogP contribution in [0.1, 0.15) is 18.4 Å². The van der Waals surface area contributed by atoms with E-state index < -0.39 is 12.0 Å². The Morgan fingerprint density at radius 1 is 1.44 bits per heavy atom. The average Bonchev–Trinajstić information content (AvgIpc) is 2.15. The molecule has 1 saturated carbocycles. The van der Waals surface area contributed by atoms with E-state index >= 15 is 0 Å². The molecule has 0 bridgehead atoms. The molecular formula is C10H13ClF2N2O. The lowest BCUT2D eigenvalue weighted by Gasteiger charge is -2.34. The Balaban J connectivity index is 0.00000128. The summed E-state index contributed by atoms with van der Waals surface area (Å²) in [6.07, 6.45) is 2.33. The fraction of sp³-hybridized carbons (Fsp3) is 0.500. The molecule has 0 unspecified atom stereocenters. The first kappa shape index (κ1) is 13.1. The maximum atomic E-state index is 12.5. The molecule has 3 nitrogen and oxygen atoms in total. The summed E-state index contributed by atoms with van der Waals surface area (Å²) in [6.45, 7) is 0.366. The minimum atomic E-state index is -2.55. The number of hydrogen-bond donors (Lipinski definition) is 1. The topological polar surface area (TPSA) is 48.1 Å². The third-order valence-electron chi connectivity index (χ3n) is 2.36. The first-order valence-electron chi connectivity index (χ1n) is 4.77. The zero-order valence-corrected chi connectivity index (χ0v) is 9.34. The summed E-state index contributed by atoms with van der Waals surface area (Å²) in [5.74, 6) is -2.04. The molecule has 1 aliphatic rings. The van der Waals surface area contributed by atoms with Gasteiger partial charge in [-0.2, -0.15) is 0 Å². The van der Waals surface area contributed by atoms with Gasteiger partial charge in [0.1, 0.15) is 11.9 Å². The molecule has 1 aromatic heterocycles. The summed E-state index contributed by atoms with van der Waals surface area (Å²) in [5.41, 5.74) is 6.26. The lowest BCUT2D eigenvalue weighted by Crippen LogP contribution is -2.43. The van der Waals surface area contributed by atoms with Gasteiger partial charge < -0.3 is 10.5 Å². The van der Waals surface area contributed by atoms with Crippen LogP contribution in [0.3, 0.4) is 0 Å². The minimum Gasteiger partial charge on any atom is -0.488 e. The van der Waals surface area contributed by atoms with Crippen molar-refractivity contribution in [3.63, 3.8) is 0 Å². The van der Waals surface area contributed by atoms with Gasteiger partial charge in [0.15, 0.2) is 0 Å². The molecule has 2 rings (SSSR count). The maximum Gasteiger partial charge on any atom is 0.255 e. The van der Waals surface area contributed by atoms with Crippen LogP contribution in [0.25, 0.3) is 0 Å². The van der Waals surface area contributed by atoms with Crippen LogP contribution in [-0.4, -0.2) is 17.0 Å². The van der Waals surface area contributed by atoms with E-state index in [1.165, 1.54) is 6.20 Å². The summed E-state index contributed by atoms with van der Waals surface area (Å²) in [6, 6.07) is 1.73. The third kappa shape index (κ3) is 3.02. The van der Waals surface area contributed by atoms with E-state index in [1.807, 2.05) is 0 Å². The van der Waals surface area contributed by atoms with Crippen molar-refractivity contribution in [2.75, 3.05) is 0 Å². The Labute approximate surface area is 98.4 Å². The third-order valence-corrected chi connectivity index (χ3v) is 2.36. The lowest BCUT2D eigenvalue weighted by molar-refractivity contribution is -0.134. The van der Waals surface area contributed by atoms with E-state index in [4.69, 9.17) is 10.5 Å². The fourth-order valence-electron chi connectivity index (χ4n) is 1.52. The van der Waals surface area contributed by atoms with Gasteiger partial charge in [-0.1, -0.05) is 0 Å². The van der Waals surface area contributed by atoms with Crippen molar-refractivity contribution in [2.24, 2.45) is 5.73 Å². The zero-order valence-electron chi connectivity index (χ0n) is 8.53. The summed E-state index contributed by atoms with van der Waals surface area (Å²) in [5, 5.41) is 0. The molecule has 16 heavy (non-hydrogen) atoms. The molecule has 0 aliphatic heterocycles. The van der Waals surface area contributed by atoms with Crippen molar-refractivity contribution < 1.29 is 13.5 Å². The van der Waals surface area contributed by atoms with Crippen LogP contribution in [0.2, 0.25) is 0 Å². The Bertz CT molecular complexity index is 354. The molecular weight excluding hydrogens is 238 g/mol. The molecule has 6 heteroatoms. The van der Waals surface area contributed by atoms with Crippen LogP contribution in [0.15, 0.2) is 18.5 Å². The molecule has 1 aromatic rings. The van der Waals surface area contributed by atoms with Gasteiger partial charge in [0, 0.05) is 25.6 Å². The number of nitrogens with zero attached hydrogens (tertiary/aromatic N) is 1. The second-order valence-electron chi connectivity index (χ2n) is 3.74. The lowest BCUT2D eigenvalue weighted by atomic mass is 9.91. The highest BCUT2D eigenvalue weighted by atomic mass is 35.5. The van der Waals surface area contributed by atoms with Gasteiger partial charge in [-0.05, 0) is 11.6 Å². The predicted octanol–water partition coefficient (Wildman–Crippen LogP) is 2.14. The van der Waals surface area contributed by atoms with E-state index in [9.17, 15) is 8.78 Å². The van der Waals surface area contributed by atoms with Gasteiger partial charge in [-0.25, -0.2) is 8.78 Å². The van der Waals surface area contributed by atoms with Crippen LogP contribution >= 0.6 is 12.4 Å². The number of pyridine rings is 1. The standard InChI is InChI=1S/C10H12F2N2O.ClH/c11-10(12)2-9(3-10)15-8-1-7(4-13)5-14-6-8;/h1,5-6,9H,2-4,13H2;1H.